The van der Waals surface area contributed by atoms with Crippen LogP contribution in [0.2, 0.25) is 0 Å². The van der Waals surface area contributed by atoms with Gasteiger partial charge in [-0.05, 0) is 42.7 Å². The zero-order valence-corrected chi connectivity index (χ0v) is 17.6. The van der Waals surface area contributed by atoms with Crippen LogP contribution in [0.1, 0.15) is 16.8 Å². The fourth-order valence-electron chi connectivity index (χ4n) is 2.63. The lowest BCUT2D eigenvalue weighted by Crippen LogP contribution is -2.44. The van der Waals surface area contributed by atoms with Crippen molar-refractivity contribution in [2.75, 3.05) is 24.4 Å². The number of aromatic nitrogens is 1. The predicted molar refractivity (Wildman–Crippen MR) is 116 cm³/mol. The van der Waals surface area contributed by atoms with Gasteiger partial charge in [0.25, 0.3) is 5.91 Å². The van der Waals surface area contributed by atoms with Crippen LogP contribution in [0.4, 0.5) is 5.13 Å². The predicted octanol–water partition coefficient (Wildman–Crippen LogP) is 3.90. The van der Waals surface area contributed by atoms with Gasteiger partial charge in [-0.1, -0.05) is 12.1 Å². The van der Waals surface area contributed by atoms with Gasteiger partial charge in [-0.15, -0.1) is 11.3 Å². The van der Waals surface area contributed by atoms with Crippen molar-refractivity contribution < 1.29 is 18.7 Å². The van der Waals surface area contributed by atoms with E-state index in [1.807, 2.05) is 6.26 Å². The maximum Gasteiger partial charge on any atom is 0.255 e. The highest BCUT2D eigenvalue weighted by molar-refractivity contribution is 7.98. The van der Waals surface area contributed by atoms with E-state index in [0.29, 0.717) is 34.3 Å². The number of hydrogen-bond acceptors (Lipinski definition) is 7. The molecule has 0 aliphatic heterocycles. The number of anilines is 1. The maximum atomic E-state index is 12.8. The molecule has 0 aliphatic carbocycles. The van der Waals surface area contributed by atoms with Gasteiger partial charge in [0.1, 0.15) is 17.5 Å². The van der Waals surface area contributed by atoms with Crippen LogP contribution in [0, 0.1) is 0 Å². The standard InChI is InChI=1S/C20H21N3O4S2/c1-26-16-7-4-3-6-13(16)18(24)21-14(9-11-28-2)19(25)23-20-22-15(12-29-20)17-8-5-10-27-17/h3-8,10,12,14H,9,11H2,1-2H3,(H,21,24)(H,22,23,25). The van der Waals surface area contributed by atoms with Gasteiger partial charge in [-0.2, -0.15) is 11.8 Å². The number of benzene rings is 1. The minimum Gasteiger partial charge on any atom is -0.496 e. The SMILES string of the molecule is COc1ccccc1C(=O)NC(CCSC)C(=O)Nc1nc(-c2ccco2)cs1. The molecule has 0 spiro atoms. The van der Waals surface area contributed by atoms with Crippen LogP contribution in [-0.4, -0.2) is 42.0 Å². The van der Waals surface area contributed by atoms with E-state index in [1.54, 1.807) is 59.8 Å². The lowest BCUT2D eigenvalue weighted by Gasteiger charge is -2.18. The van der Waals surface area contributed by atoms with Gasteiger partial charge in [-0.3, -0.25) is 9.59 Å². The lowest BCUT2D eigenvalue weighted by atomic mass is 10.1. The Bertz CT molecular complexity index is 956. The number of methoxy groups -OCH3 is 1. The molecule has 2 aromatic heterocycles. The van der Waals surface area contributed by atoms with E-state index >= 15 is 0 Å². The van der Waals surface area contributed by atoms with Gasteiger partial charge >= 0.3 is 0 Å². The van der Waals surface area contributed by atoms with Crippen LogP contribution in [-0.2, 0) is 4.79 Å². The minimum absolute atomic E-state index is 0.317. The van der Waals surface area contributed by atoms with Crippen LogP contribution in [0.5, 0.6) is 5.75 Å². The highest BCUT2D eigenvalue weighted by Gasteiger charge is 2.23. The van der Waals surface area contributed by atoms with Crippen LogP contribution in [0.3, 0.4) is 0 Å². The lowest BCUT2D eigenvalue weighted by molar-refractivity contribution is -0.118. The van der Waals surface area contributed by atoms with Gasteiger partial charge in [-0.25, -0.2) is 4.98 Å². The molecule has 2 amide bonds. The maximum absolute atomic E-state index is 12.8. The molecule has 7 nitrogen and oxygen atoms in total. The van der Waals surface area contributed by atoms with Crippen LogP contribution in [0.25, 0.3) is 11.5 Å². The Hall–Kier alpha value is -2.78. The summed E-state index contributed by atoms with van der Waals surface area (Å²) in [6.45, 7) is 0. The Morgan fingerprint density at radius 2 is 2.10 bits per heavy atom. The van der Waals surface area contributed by atoms with E-state index in [4.69, 9.17) is 9.15 Å². The van der Waals surface area contributed by atoms with E-state index in [9.17, 15) is 9.59 Å². The molecule has 152 valence electrons. The molecule has 0 radical (unpaired) electrons. The third-order valence-corrected chi connectivity index (χ3v) is 5.49. The van der Waals surface area contributed by atoms with Crippen molar-refractivity contribution in [2.24, 2.45) is 0 Å². The van der Waals surface area contributed by atoms with Crippen molar-refractivity contribution in [3.63, 3.8) is 0 Å². The van der Waals surface area contributed by atoms with Crippen LogP contribution >= 0.6 is 23.1 Å². The van der Waals surface area contributed by atoms with Gasteiger partial charge in [0, 0.05) is 5.38 Å². The molecule has 0 aliphatic rings. The Morgan fingerprint density at radius 3 is 2.83 bits per heavy atom. The quantitative estimate of drug-likeness (QED) is 0.534. The van der Waals surface area contributed by atoms with E-state index in [0.717, 1.165) is 5.75 Å². The highest BCUT2D eigenvalue weighted by atomic mass is 32.2. The summed E-state index contributed by atoms with van der Waals surface area (Å²) in [5.41, 5.74) is 1.03. The molecule has 1 atom stereocenters. The third kappa shape index (κ3) is 5.39. The van der Waals surface area contributed by atoms with Crippen LogP contribution in [0.15, 0.2) is 52.5 Å². The van der Waals surface area contributed by atoms with E-state index in [2.05, 4.69) is 15.6 Å². The molecule has 3 rings (SSSR count). The summed E-state index contributed by atoms with van der Waals surface area (Å²) in [5, 5.41) is 7.85. The first kappa shape index (κ1) is 20.9. The summed E-state index contributed by atoms with van der Waals surface area (Å²) in [6.07, 6.45) is 4.01. The molecule has 0 fully saturated rings. The number of hydrogen-bond donors (Lipinski definition) is 2. The van der Waals surface area contributed by atoms with Crippen molar-refractivity contribution in [1.82, 2.24) is 10.3 Å². The van der Waals surface area contributed by atoms with Crippen molar-refractivity contribution in [3.8, 4) is 17.2 Å². The summed E-state index contributed by atoms with van der Waals surface area (Å²) in [5.74, 6) is 1.13. The van der Waals surface area contributed by atoms with E-state index in [-0.39, 0.29) is 11.8 Å². The Balaban J connectivity index is 1.70. The first-order valence-corrected chi connectivity index (χ1v) is 11.1. The number of amides is 2. The molecule has 0 saturated carbocycles. The number of nitrogens with zero attached hydrogens (tertiary/aromatic N) is 1. The molecule has 1 aromatic carbocycles. The van der Waals surface area contributed by atoms with Crippen molar-refractivity contribution in [2.45, 2.75) is 12.5 Å². The van der Waals surface area contributed by atoms with Crippen LogP contribution < -0.4 is 15.4 Å². The molecule has 2 N–H and O–H groups in total. The summed E-state index contributed by atoms with van der Waals surface area (Å²) >= 11 is 2.90. The van der Waals surface area contributed by atoms with Gasteiger partial charge in [0.15, 0.2) is 10.9 Å². The number of carbonyl (C=O) groups is 2. The monoisotopic (exact) mass is 431 g/mol. The molecule has 3 aromatic rings. The second-order valence-corrected chi connectivity index (χ2v) is 7.86. The molecule has 9 heteroatoms. The van der Waals surface area contributed by atoms with Gasteiger partial charge in [0.2, 0.25) is 5.91 Å². The number of thiazole rings is 1. The molecule has 0 saturated heterocycles. The van der Waals surface area contributed by atoms with Crippen molar-refractivity contribution >= 4 is 40.0 Å². The summed E-state index contributed by atoms with van der Waals surface area (Å²) in [6, 6.07) is 9.78. The molecule has 2 heterocycles. The number of furan rings is 1. The molecule has 29 heavy (non-hydrogen) atoms. The topological polar surface area (TPSA) is 93.5 Å². The summed E-state index contributed by atoms with van der Waals surface area (Å²) in [7, 11) is 1.50. The average Bonchev–Trinajstić information content (AvgIpc) is 3.42. The number of rotatable bonds is 9. The minimum atomic E-state index is -0.698. The second-order valence-electron chi connectivity index (χ2n) is 6.01. The number of ether oxygens (including phenoxy) is 1. The van der Waals surface area contributed by atoms with E-state index < -0.39 is 6.04 Å². The number of thioether (sulfide) groups is 1. The molecular formula is C20H21N3O4S2. The smallest absolute Gasteiger partial charge is 0.255 e. The van der Waals surface area contributed by atoms with Crippen molar-refractivity contribution in [1.29, 1.82) is 0 Å². The third-order valence-electron chi connectivity index (χ3n) is 4.09. The molecule has 1 unspecified atom stereocenters. The number of carbonyl (C=O) groups excluding carboxylic acids is 2. The Labute approximate surface area is 176 Å². The molecule has 0 bridgehead atoms. The zero-order valence-electron chi connectivity index (χ0n) is 16.0. The first-order chi connectivity index (χ1) is 14.1. The van der Waals surface area contributed by atoms with Crippen molar-refractivity contribution in [3.05, 3.63) is 53.6 Å². The zero-order chi connectivity index (χ0) is 20.6. The Kier molecular flexibility index (Phi) is 7.31. The number of nitrogens with one attached hydrogen (secondary N) is 2. The summed E-state index contributed by atoms with van der Waals surface area (Å²) < 4.78 is 10.6. The fourth-order valence-corrected chi connectivity index (χ4v) is 3.81. The first-order valence-electron chi connectivity index (χ1n) is 8.85. The largest absolute Gasteiger partial charge is 0.496 e. The second kappa shape index (κ2) is 10.1. The summed E-state index contributed by atoms with van der Waals surface area (Å²) in [4.78, 5) is 29.9. The highest BCUT2D eigenvalue weighted by Crippen LogP contribution is 2.25. The van der Waals surface area contributed by atoms with Gasteiger partial charge < -0.3 is 19.8 Å². The fraction of sp³-hybridized carbons (Fsp3) is 0.250. The van der Waals surface area contributed by atoms with Gasteiger partial charge in [0.05, 0.1) is 18.9 Å². The Morgan fingerprint density at radius 1 is 1.28 bits per heavy atom. The number of para-hydroxylation sites is 1. The van der Waals surface area contributed by atoms with E-state index in [1.165, 1.54) is 18.4 Å². The average molecular weight is 432 g/mol. The molecular weight excluding hydrogens is 410 g/mol. The normalized spacial score (nSPS) is 11.7.